The van der Waals surface area contributed by atoms with Gasteiger partial charge in [0.25, 0.3) is 0 Å². The molecule has 2 heterocycles. The molecule has 2 rings (SSSR count). The van der Waals surface area contributed by atoms with E-state index in [2.05, 4.69) is 59.6 Å². The Morgan fingerprint density at radius 2 is 0.905 bits per heavy atom. The Labute approximate surface area is 280 Å². The lowest BCUT2D eigenvalue weighted by atomic mass is 10.0. The largest absolute Gasteiger partial charge is 0.459 e. The van der Waals surface area contributed by atoms with Crippen LogP contribution >= 0.6 is 54.5 Å². The highest BCUT2D eigenvalue weighted by atomic mass is 79.9. The molecule has 0 fully saturated rings. The van der Waals surface area contributed by atoms with E-state index >= 15 is 0 Å². The van der Waals surface area contributed by atoms with Crippen LogP contribution in [0.5, 0.6) is 0 Å². The fraction of sp³-hybridized carbons (Fsp3) is 0.706. The molecule has 0 N–H and O–H groups in total. The summed E-state index contributed by atoms with van der Waals surface area (Å²) in [5, 5.41) is 0. The van der Waals surface area contributed by atoms with Crippen LogP contribution in [0.4, 0.5) is 0 Å². The highest BCUT2D eigenvalue weighted by Crippen LogP contribution is 2.42. The average Bonchev–Trinajstić information content (AvgIpc) is 3.56. The molecule has 0 radical (unpaired) electrons. The lowest BCUT2D eigenvalue weighted by Crippen LogP contribution is -2.18. The first-order valence-electron chi connectivity index (χ1n) is 16.3. The van der Waals surface area contributed by atoms with Gasteiger partial charge in [-0.3, -0.25) is 0 Å². The molecule has 42 heavy (non-hydrogen) atoms. The zero-order valence-electron chi connectivity index (χ0n) is 26.2. The number of halogens is 2. The third kappa shape index (κ3) is 13.5. The van der Waals surface area contributed by atoms with Crippen molar-refractivity contribution >= 4 is 66.5 Å². The van der Waals surface area contributed by atoms with Gasteiger partial charge in [-0.05, 0) is 82.5 Å². The molecule has 238 valence electrons. The fourth-order valence-corrected chi connectivity index (χ4v) is 8.44. The van der Waals surface area contributed by atoms with Crippen LogP contribution in [0.3, 0.4) is 0 Å². The van der Waals surface area contributed by atoms with Crippen molar-refractivity contribution in [1.82, 2.24) is 0 Å². The summed E-state index contributed by atoms with van der Waals surface area (Å²) < 4.78 is 13.6. The molecular formula is C34H52Br2O4S2. The number of unbranched alkanes of at least 4 members (excludes halogenated alkanes) is 10. The topological polar surface area (TPSA) is 52.6 Å². The van der Waals surface area contributed by atoms with E-state index in [1.165, 1.54) is 74.0 Å². The van der Waals surface area contributed by atoms with E-state index in [4.69, 9.17) is 9.47 Å². The second-order valence-corrected chi connectivity index (χ2v) is 16.1. The molecule has 2 aromatic heterocycles. The number of hydrogen-bond acceptors (Lipinski definition) is 6. The van der Waals surface area contributed by atoms with E-state index in [1.54, 1.807) is 0 Å². The van der Waals surface area contributed by atoms with Gasteiger partial charge in [-0.15, -0.1) is 22.7 Å². The normalized spacial score (nSPS) is 12.8. The smallest absolute Gasteiger partial charge is 0.340 e. The Morgan fingerprint density at radius 1 is 0.571 bits per heavy atom. The molecular weight excluding hydrogens is 696 g/mol. The maximum Gasteiger partial charge on any atom is 0.340 e. The standard InChI is InChI=1S/C34H52Br2O4S2/c1-5-9-13-15-17-21-25(19-11-7-3)39-33(37)27-23-29(41-31(27)35)30-24-28(32(36)42-30)34(38)40-26(20-12-8-4)22-18-16-14-10-6-2/h23-26H,5-22H2,1-4H3. The first kappa shape index (κ1) is 37.5. The van der Waals surface area contributed by atoms with Gasteiger partial charge in [-0.2, -0.15) is 0 Å². The number of thiophene rings is 2. The molecule has 0 aromatic carbocycles. The molecule has 0 aliphatic rings. The van der Waals surface area contributed by atoms with Crippen molar-refractivity contribution in [2.75, 3.05) is 0 Å². The molecule has 2 atom stereocenters. The summed E-state index contributed by atoms with van der Waals surface area (Å²) in [6, 6.07) is 3.78. The molecule has 0 saturated carbocycles. The van der Waals surface area contributed by atoms with Gasteiger partial charge in [0, 0.05) is 9.75 Å². The van der Waals surface area contributed by atoms with E-state index < -0.39 is 0 Å². The highest BCUT2D eigenvalue weighted by Gasteiger charge is 2.24. The van der Waals surface area contributed by atoms with Crippen molar-refractivity contribution in [2.45, 2.75) is 155 Å². The quantitative estimate of drug-likeness (QED) is 0.0839. The summed E-state index contributed by atoms with van der Waals surface area (Å²) >= 11 is 10.2. The number of ether oxygens (including phenoxy) is 2. The fourth-order valence-electron chi connectivity index (χ4n) is 5.03. The minimum absolute atomic E-state index is 0.0427. The molecule has 4 nitrogen and oxygen atoms in total. The Balaban J connectivity index is 2.06. The van der Waals surface area contributed by atoms with Crippen LogP contribution in [0, 0.1) is 0 Å². The number of carbonyl (C=O) groups excluding carboxylic acids is 2. The molecule has 8 heteroatoms. The van der Waals surface area contributed by atoms with Crippen molar-refractivity contribution in [1.29, 1.82) is 0 Å². The van der Waals surface area contributed by atoms with Crippen LogP contribution in [0.2, 0.25) is 0 Å². The third-order valence-corrected chi connectivity index (χ3v) is 11.5. The van der Waals surface area contributed by atoms with Gasteiger partial charge < -0.3 is 9.47 Å². The van der Waals surface area contributed by atoms with Crippen LogP contribution < -0.4 is 0 Å². The van der Waals surface area contributed by atoms with Gasteiger partial charge in [-0.1, -0.05) is 105 Å². The van der Waals surface area contributed by atoms with Crippen molar-refractivity contribution in [3.05, 3.63) is 30.8 Å². The molecule has 2 aromatic rings. The van der Waals surface area contributed by atoms with Crippen LogP contribution in [0.1, 0.15) is 164 Å². The first-order chi connectivity index (χ1) is 20.3. The summed E-state index contributed by atoms with van der Waals surface area (Å²) in [4.78, 5) is 28.3. The van der Waals surface area contributed by atoms with Gasteiger partial charge in [0.1, 0.15) is 12.2 Å². The maximum absolute atomic E-state index is 13.2. The van der Waals surface area contributed by atoms with Crippen molar-refractivity contribution in [2.24, 2.45) is 0 Å². The Kier molecular flexibility index (Phi) is 19.6. The molecule has 2 unspecified atom stereocenters. The van der Waals surface area contributed by atoms with E-state index in [9.17, 15) is 9.59 Å². The van der Waals surface area contributed by atoms with Gasteiger partial charge in [0.2, 0.25) is 0 Å². The van der Waals surface area contributed by atoms with Gasteiger partial charge in [-0.25, -0.2) is 9.59 Å². The highest BCUT2D eigenvalue weighted by molar-refractivity contribution is 9.11. The predicted molar refractivity (Wildman–Crippen MR) is 187 cm³/mol. The summed E-state index contributed by atoms with van der Waals surface area (Å²) in [7, 11) is 0. The monoisotopic (exact) mass is 746 g/mol. The minimum atomic E-state index is -0.271. The molecule has 0 aliphatic carbocycles. The average molecular weight is 749 g/mol. The third-order valence-electron chi connectivity index (χ3n) is 7.62. The van der Waals surface area contributed by atoms with Crippen LogP contribution in [0.15, 0.2) is 19.7 Å². The summed E-state index contributed by atoms with van der Waals surface area (Å²) in [6.45, 7) is 8.79. The summed E-state index contributed by atoms with van der Waals surface area (Å²) in [6.07, 6.45) is 19.9. The maximum atomic E-state index is 13.2. The second-order valence-electron chi connectivity index (χ2n) is 11.3. The van der Waals surface area contributed by atoms with Crippen molar-refractivity contribution < 1.29 is 19.1 Å². The molecule has 0 spiro atoms. The second kappa shape index (κ2) is 21.9. The van der Waals surface area contributed by atoms with Crippen LogP contribution in [-0.4, -0.2) is 24.1 Å². The molecule has 0 bridgehead atoms. The molecule has 0 aliphatic heterocycles. The van der Waals surface area contributed by atoms with E-state index in [0.29, 0.717) is 11.1 Å². The Morgan fingerprint density at radius 3 is 1.26 bits per heavy atom. The molecule has 0 amide bonds. The van der Waals surface area contributed by atoms with Crippen LogP contribution in [-0.2, 0) is 9.47 Å². The predicted octanol–water partition coefficient (Wildman–Crippen LogP) is 13.2. The number of rotatable bonds is 23. The van der Waals surface area contributed by atoms with Gasteiger partial charge >= 0.3 is 11.9 Å². The SMILES string of the molecule is CCCCCCCC(CCCC)OC(=O)c1cc(-c2cc(C(=O)OC(CCCC)CCCCCCC)c(Br)s2)sc1Br. The van der Waals surface area contributed by atoms with Crippen molar-refractivity contribution in [3.8, 4) is 9.75 Å². The van der Waals surface area contributed by atoms with E-state index in [-0.39, 0.29) is 24.1 Å². The Bertz CT molecular complexity index is 966. The van der Waals surface area contributed by atoms with Crippen LogP contribution in [0.25, 0.3) is 9.75 Å². The summed E-state index contributed by atoms with van der Waals surface area (Å²) in [5.41, 5.74) is 1.11. The van der Waals surface area contributed by atoms with E-state index in [0.717, 1.165) is 81.5 Å². The summed E-state index contributed by atoms with van der Waals surface area (Å²) in [5.74, 6) is -0.543. The zero-order valence-corrected chi connectivity index (χ0v) is 31.0. The lowest BCUT2D eigenvalue weighted by molar-refractivity contribution is 0.0240. The molecule has 0 saturated heterocycles. The van der Waals surface area contributed by atoms with Gasteiger partial charge in [0.15, 0.2) is 0 Å². The number of hydrogen-bond donors (Lipinski definition) is 0. The number of esters is 2. The number of carbonyl (C=O) groups is 2. The van der Waals surface area contributed by atoms with Crippen molar-refractivity contribution in [3.63, 3.8) is 0 Å². The first-order valence-corrected chi connectivity index (χ1v) is 19.6. The Hall–Kier alpha value is -0.700. The lowest BCUT2D eigenvalue weighted by Gasteiger charge is -2.17. The van der Waals surface area contributed by atoms with E-state index in [1.807, 2.05) is 12.1 Å². The minimum Gasteiger partial charge on any atom is -0.459 e. The van der Waals surface area contributed by atoms with Gasteiger partial charge in [0.05, 0.1) is 18.7 Å². The zero-order chi connectivity index (χ0) is 30.7.